The second-order valence-electron chi connectivity index (χ2n) is 4.63. The number of likely N-dealkylation sites (tertiary alicyclic amines) is 1. The highest BCUT2D eigenvalue weighted by Gasteiger charge is 2.20. The lowest BCUT2D eigenvalue weighted by Gasteiger charge is -2.32. The number of esters is 1. The van der Waals surface area contributed by atoms with E-state index in [0.29, 0.717) is 19.8 Å². The molecule has 0 spiro atoms. The zero-order chi connectivity index (χ0) is 14.1. The number of hydrogen-bond donors (Lipinski definition) is 1. The Balaban J connectivity index is 2.16. The number of aliphatic carboxylic acids is 1. The lowest BCUT2D eigenvalue weighted by atomic mass is 10.1. The summed E-state index contributed by atoms with van der Waals surface area (Å²) in [6.07, 6.45) is 2.50. The highest BCUT2D eigenvalue weighted by Crippen LogP contribution is 2.13. The molecule has 0 saturated carbocycles. The monoisotopic (exact) mass is 273 g/mol. The average Bonchev–Trinajstić information content (AvgIpc) is 2.37. The van der Waals surface area contributed by atoms with Gasteiger partial charge in [-0.05, 0) is 26.3 Å². The molecule has 1 unspecified atom stereocenters. The molecule has 1 fully saturated rings. The van der Waals surface area contributed by atoms with Gasteiger partial charge in [0.1, 0.15) is 0 Å². The Bertz CT molecular complexity index is 295. The molecule has 110 valence electrons. The molecule has 1 atom stereocenters. The van der Waals surface area contributed by atoms with Gasteiger partial charge in [-0.15, -0.1) is 0 Å². The maximum atomic E-state index is 11.1. The zero-order valence-corrected chi connectivity index (χ0v) is 11.5. The number of carboxylic acid groups (broad SMARTS) is 1. The van der Waals surface area contributed by atoms with Gasteiger partial charge in [0.2, 0.25) is 0 Å². The molecule has 1 heterocycles. The van der Waals surface area contributed by atoms with Crippen molar-refractivity contribution in [3.63, 3.8) is 0 Å². The molecular formula is C13H23NO5. The first-order chi connectivity index (χ1) is 9.11. The van der Waals surface area contributed by atoms with E-state index in [9.17, 15) is 9.59 Å². The fourth-order valence-electron chi connectivity index (χ4n) is 2.15. The van der Waals surface area contributed by atoms with E-state index in [-0.39, 0.29) is 24.9 Å². The summed E-state index contributed by atoms with van der Waals surface area (Å²) in [5.74, 6) is -1.01. The highest BCUT2D eigenvalue weighted by atomic mass is 16.5. The van der Waals surface area contributed by atoms with Crippen LogP contribution in [0.25, 0.3) is 0 Å². The Labute approximate surface area is 113 Å². The first kappa shape index (κ1) is 15.9. The van der Waals surface area contributed by atoms with Crippen molar-refractivity contribution in [2.75, 3.05) is 32.8 Å². The molecule has 0 aromatic heterocycles. The molecule has 1 aliphatic rings. The fraction of sp³-hybridized carbons (Fsp3) is 0.846. The normalized spacial score (nSPS) is 20.2. The molecule has 0 aromatic carbocycles. The molecule has 1 N–H and O–H groups in total. The first-order valence-electron chi connectivity index (χ1n) is 6.83. The molecule has 0 radical (unpaired) electrons. The van der Waals surface area contributed by atoms with Crippen molar-refractivity contribution in [1.82, 2.24) is 4.90 Å². The van der Waals surface area contributed by atoms with Gasteiger partial charge in [-0.1, -0.05) is 0 Å². The van der Waals surface area contributed by atoms with Crippen LogP contribution in [-0.4, -0.2) is 60.9 Å². The number of piperidine rings is 1. The van der Waals surface area contributed by atoms with E-state index >= 15 is 0 Å². The third-order valence-corrected chi connectivity index (χ3v) is 3.07. The number of ether oxygens (including phenoxy) is 2. The van der Waals surface area contributed by atoms with Crippen LogP contribution in [0.2, 0.25) is 0 Å². The topological polar surface area (TPSA) is 76.1 Å². The molecule has 6 nitrogen and oxygen atoms in total. The molecule has 1 saturated heterocycles. The summed E-state index contributed by atoms with van der Waals surface area (Å²) >= 11 is 0. The molecule has 0 amide bonds. The molecule has 1 rings (SSSR count). The number of carbonyl (C=O) groups is 2. The number of carboxylic acids is 1. The molecule has 6 heteroatoms. The van der Waals surface area contributed by atoms with Gasteiger partial charge in [-0.25, -0.2) is 0 Å². The minimum absolute atomic E-state index is 0.0944. The van der Waals surface area contributed by atoms with E-state index in [2.05, 4.69) is 4.90 Å². The summed E-state index contributed by atoms with van der Waals surface area (Å²) in [7, 11) is 0. The number of rotatable bonds is 8. The van der Waals surface area contributed by atoms with Crippen LogP contribution in [0.5, 0.6) is 0 Å². The van der Waals surface area contributed by atoms with E-state index in [1.54, 1.807) is 6.92 Å². The Morgan fingerprint density at radius 2 is 2.16 bits per heavy atom. The summed E-state index contributed by atoms with van der Waals surface area (Å²) in [6.45, 7) is 4.77. The van der Waals surface area contributed by atoms with Crippen LogP contribution < -0.4 is 0 Å². The van der Waals surface area contributed by atoms with Gasteiger partial charge in [0.05, 0.1) is 32.2 Å². The number of carbonyl (C=O) groups excluding carboxylic acids is 1. The van der Waals surface area contributed by atoms with Gasteiger partial charge in [-0.2, -0.15) is 0 Å². The predicted octanol–water partition coefficient (Wildman–Crippen LogP) is 0.895. The maximum Gasteiger partial charge on any atom is 0.308 e. The SMILES string of the molecule is CCOC(=O)CCOC1CCCN(CCC(=O)O)C1. The maximum absolute atomic E-state index is 11.1. The lowest BCUT2D eigenvalue weighted by molar-refractivity contribution is -0.145. The van der Waals surface area contributed by atoms with Gasteiger partial charge < -0.3 is 19.5 Å². The van der Waals surface area contributed by atoms with Crippen LogP contribution in [0.4, 0.5) is 0 Å². The summed E-state index contributed by atoms with van der Waals surface area (Å²) in [5.41, 5.74) is 0. The second kappa shape index (κ2) is 8.87. The van der Waals surface area contributed by atoms with Crippen molar-refractivity contribution in [2.24, 2.45) is 0 Å². The number of hydrogen-bond acceptors (Lipinski definition) is 5. The van der Waals surface area contributed by atoms with Crippen molar-refractivity contribution < 1.29 is 24.2 Å². The zero-order valence-electron chi connectivity index (χ0n) is 11.5. The van der Waals surface area contributed by atoms with Crippen LogP contribution in [-0.2, 0) is 19.1 Å². The smallest absolute Gasteiger partial charge is 0.308 e. The Kier molecular flexibility index (Phi) is 7.43. The predicted molar refractivity (Wildman–Crippen MR) is 68.9 cm³/mol. The van der Waals surface area contributed by atoms with Gasteiger partial charge in [0.15, 0.2) is 0 Å². The molecule has 19 heavy (non-hydrogen) atoms. The van der Waals surface area contributed by atoms with Crippen LogP contribution in [0.1, 0.15) is 32.6 Å². The van der Waals surface area contributed by atoms with E-state index in [4.69, 9.17) is 14.6 Å². The van der Waals surface area contributed by atoms with Crippen LogP contribution in [0.15, 0.2) is 0 Å². The van der Waals surface area contributed by atoms with Crippen molar-refractivity contribution in [3.8, 4) is 0 Å². The highest BCUT2D eigenvalue weighted by molar-refractivity contribution is 5.69. The van der Waals surface area contributed by atoms with Crippen molar-refractivity contribution in [3.05, 3.63) is 0 Å². The number of nitrogens with zero attached hydrogens (tertiary/aromatic N) is 1. The molecule has 0 bridgehead atoms. The summed E-state index contributed by atoms with van der Waals surface area (Å²) in [4.78, 5) is 23.8. The van der Waals surface area contributed by atoms with E-state index < -0.39 is 5.97 Å². The quantitative estimate of drug-likeness (QED) is 0.662. The van der Waals surface area contributed by atoms with Gasteiger partial charge in [0, 0.05) is 13.1 Å². The van der Waals surface area contributed by atoms with Gasteiger partial charge in [-0.3, -0.25) is 9.59 Å². The summed E-state index contributed by atoms with van der Waals surface area (Å²) in [5, 5.41) is 8.65. The first-order valence-corrected chi connectivity index (χ1v) is 6.83. The molecular weight excluding hydrogens is 250 g/mol. The minimum Gasteiger partial charge on any atom is -0.481 e. The third kappa shape index (κ3) is 7.12. The van der Waals surface area contributed by atoms with Crippen molar-refractivity contribution in [2.45, 2.75) is 38.7 Å². The van der Waals surface area contributed by atoms with Crippen LogP contribution >= 0.6 is 0 Å². The van der Waals surface area contributed by atoms with Crippen LogP contribution in [0.3, 0.4) is 0 Å². The Morgan fingerprint density at radius 1 is 1.37 bits per heavy atom. The molecule has 0 aliphatic carbocycles. The molecule has 1 aliphatic heterocycles. The molecule has 0 aromatic rings. The van der Waals surface area contributed by atoms with Gasteiger partial charge >= 0.3 is 11.9 Å². The second-order valence-corrected chi connectivity index (χ2v) is 4.63. The summed E-state index contributed by atoms with van der Waals surface area (Å²) < 4.78 is 10.5. The van der Waals surface area contributed by atoms with Crippen LogP contribution in [0, 0.1) is 0 Å². The van der Waals surface area contributed by atoms with E-state index in [0.717, 1.165) is 25.9 Å². The Morgan fingerprint density at radius 3 is 2.84 bits per heavy atom. The minimum atomic E-state index is -0.773. The van der Waals surface area contributed by atoms with E-state index in [1.165, 1.54) is 0 Å². The third-order valence-electron chi connectivity index (χ3n) is 3.07. The van der Waals surface area contributed by atoms with Crippen molar-refractivity contribution >= 4 is 11.9 Å². The fourth-order valence-corrected chi connectivity index (χ4v) is 2.15. The van der Waals surface area contributed by atoms with Gasteiger partial charge in [0.25, 0.3) is 0 Å². The van der Waals surface area contributed by atoms with E-state index in [1.807, 2.05) is 0 Å². The standard InChI is InChI=1S/C13H23NO5/c1-2-18-13(17)6-9-19-11-4-3-7-14(10-11)8-5-12(15)16/h11H,2-10H2,1H3,(H,15,16). The summed E-state index contributed by atoms with van der Waals surface area (Å²) in [6, 6.07) is 0. The lowest BCUT2D eigenvalue weighted by Crippen LogP contribution is -2.40. The Hall–Kier alpha value is -1.14. The largest absolute Gasteiger partial charge is 0.481 e. The van der Waals surface area contributed by atoms with Crippen molar-refractivity contribution in [1.29, 1.82) is 0 Å². The average molecular weight is 273 g/mol.